The van der Waals surface area contributed by atoms with Crippen molar-refractivity contribution in [2.45, 2.75) is 0 Å². The van der Waals surface area contributed by atoms with Crippen LogP contribution in [0.15, 0.2) is 0 Å². The van der Waals surface area contributed by atoms with Crippen LogP contribution in [0.3, 0.4) is 0 Å². The first-order chi connectivity index (χ1) is 4.00. The molecule has 0 aromatic carbocycles. The van der Waals surface area contributed by atoms with Gasteiger partial charge >= 0.3 is 0 Å². The first kappa shape index (κ1) is 12.7. The molecule has 0 atom stereocenters. The van der Waals surface area contributed by atoms with Crippen LogP contribution in [0.1, 0.15) is 0 Å². The van der Waals surface area contributed by atoms with Crippen LogP contribution in [0.5, 0.6) is 0 Å². The molecule has 0 bridgehead atoms. The Bertz CT molecular complexity index is 109. The Hall–Kier alpha value is 0.0700. The van der Waals surface area contributed by atoms with Gasteiger partial charge in [0.15, 0.2) is 0 Å². The molecule has 0 aromatic rings. The smallest absolute Gasteiger partial charge is 0.262 e. The summed E-state index contributed by atoms with van der Waals surface area (Å²) >= 11 is 0. The number of rotatable bonds is 0. The van der Waals surface area contributed by atoms with Crippen molar-refractivity contribution in [1.29, 1.82) is 0 Å². The highest BCUT2D eigenvalue weighted by Crippen LogP contribution is 2.18. The highest BCUT2D eigenvalue weighted by Gasteiger charge is 1.88. The Kier molecular flexibility index (Phi) is 5.16. The number of quaternary nitrogens is 1. The average Bonchev–Trinajstić information content (AvgIpc) is 1.12. The Morgan fingerprint density at radius 2 is 1.20 bits per heavy atom. The monoisotopic (exact) mass is 171 g/mol. The Labute approximate surface area is 60.7 Å². The molecular formula is C4H14NO4P. The molecule has 0 spiro atoms. The van der Waals surface area contributed by atoms with E-state index < -0.39 is 7.82 Å². The predicted molar refractivity (Wildman–Crippen MR) is 36.0 cm³/mol. The van der Waals surface area contributed by atoms with Gasteiger partial charge in [-0.1, -0.05) is 0 Å². The Morgan fingerprint density at radius 3 is 1.20 bits per heavy atom. The summed E-state index contributed by atoms with van der Waals surface area (Å²) in [7, 11) is 3.61. The lowest BCUT2D eigenvalue weighted by Crippen LogP contribution is -2.27. The van der Waals surface area contributed by atoms with E-state index >= 15 is 0 Å². The Balaban J connectivity index is 0. The maximum absolute atomic E-state index is 8.77. The largest absolute Gasteiger partial charge is 0.756 e. The summed E-state index contributed by atoms with van der Waals surface area (Å²) in [6.45, 7) is 0. The van der Waals surface area contributed by atoms with E-state index in [4.69, 9.17) is 19.2 Å². The fourth-order valence-electron chi connectivity index (χ4n) is 0. The summed E-state index contributed by atoms with van der Waals surface area (Å²) in [6, 6.07) is 0. The van der Waals surface area contributed by atoms with E-state index in [0.717, 1.165) is 4.48 Å². The van der Waals surface area contributed by atoms with Crippen molar-refractivity contribution >= 4 is 7.82 Å². The molecule has 0 saturated heterocycles. The summed E-state index contributed by atoms with van der Waals surface area (Å²) in [4.78, 5) is 22.9. The molecule has 0 amide bonds. The van der Waals surface area contributed by atoms with Gasteiger partial charge in [-0.05, 0) is 0 Å². The number of hydrogen-bond acceptors (Lipinski definition) is 2. The van der Waals surface area contributed by atoms with Crippen LogP contribution in [0.4, 0.5) is 0 Å². The van der Waals surface area contributed by atoms with E-state index in [1.54, 1.807) is 0 Å². The van der Waals surface area contributed by atoms with Gasteiger partial charge in [0.1, 0.15) is 0 Å². The van der Waals surface area contributed by atoms with Crippen molar-refractivity contribution in [2.24, 2.45) is 0 Å². The molecule has 5 nitrogen and oxygen atoms in total. The van der Waals surface area contributed by atoms with Crippen LogP contribution < -0.4 is 4.89 Å². The highest BCUT2D eigenvalue weighted by atomic mass is 31.2. The SMILES string of the molecule is C[N+](C)(C)C.O=P([O-])(O)O. The fourth-order valence-corrected chi connectivity index (χ4v) is 0. The zero-order chi connectivity index (χ0) is 9.00. The van der Waals surface area contributed by atoms with Gasteiger partial charge in [-0.25, -0.2) is 0 Å². The van der Waals surface area contributed by atoms with Crippen molar-refractivity contribution in [1.82, 2.24) is 0 Å². The van der Waals surface area contributed by atoms with E-state index in [2.05, 4.69) is 28.2 Å². The molecular weight excluding hydrogens is 157 g/mol. The number of nitrogens with zero attached hydrogens (tertiary/aromatic N) is 1. The molecule has 0 unspecified atom stereocenters. The minimum Gasteiger partial charge on any atom is -0.756 e. The number of phosphoric acid groups is 1. The summed E-state index contributed by atoms with van der Waals surface area (Å²) in [6.07, 6.45) is 0. The van der Waals surface area contributed by atoms with Crippen molar-refractivity contribution in [3.63, 3.8) is 0 Å². The van der Waals surface area contributed by atoms with E-state index in [-0.39, 0.29) is 0 Å². The molecule has 0 aliphatic carbocycles. The fraction of sp³-hybridized carbons (Fsp3) is 1.00. The zero-order valence-corrected chi connectivity index (χ0v) is 7.50. The molecule has 0 fully saturated rings. The van der Waals surface area contributed by atoms with E-state index in [0.29, 0.717) is 0 Å². The summed E-state index contributed by atoms with van der Waals surface area (Å²) in [5, 5.41) is 0. The van der Waals surface area contributed by atoms with Gasteiger partial charge in [0, 0.05) is 0 Å². The molecule has 0 aliphatic heterocycles. The van der Waals surface area contributed by atoms with Gasteiger partial charge in [-0.2, -0.15) is 0 Å². The maximum atomic E-state index is 8.77. The van der Waals surface area contributed by atoms with Crippen molar-refractivity contribution in [3.05, 3.63) is 0 Å². The average molecular weight is 171 g/mol. The minimum atomic E-state index is -4.89. The standard InChI is InChI=1S/C4H12N.H3O4P/c2*1-5(2,3)4/h1-4H3;(H3,1,2,3,4)/q+1;/p-1. The third-order valence-corrected chi connectivity index (χ3v) is 0. The van der Waals surface area contributed by atoms with Crippen LogP contribution >= 0.6 is 7.82 Å². The molecule has 10 heavy (non-hydrogen) atoms. The molecule has 2 N–H and O–H groups in total. The van der Waals surface area contributed by atoms with Crippen molar-refractivity contribution < 1.29 is 23.7 Å². The van der Waals surface area contributed by atoms with Crippen LogP contribution in [-0.4, -0.2) is 42.5 Å². The molecule has 6 heteroatoms. The lowest BCUT2D eigenvalue weighted by atomic mass is 10.8. The van der Waals surface area contributed by atoms with Crippen LogP contribution in [-0.2, 0) is 4.57 Å². The molecule has 0 rings (SSSR count). The van der Waals surface area contributed by atoms with Crippen molar-refractivity contribution in [3.8, 4) is 0 Å². The maximum Gasteiger partial charge on any atom is 0.262 e. The topological polar surface area (TPSA) is 80.6 Å². The van der Waals surface area contributed by atoms with Crippen LogP contribution in [0.25, 0.3) is 0 Å². The first-order valence-corrected chi connectivity index (χ1v) is 4.08. The lowest BCUT2D eigenvalue weighted by molar-refractivity contribution is -0.849. The van der Waals surface area contributed by atoms with E-state index in [1.807, 2.05) is 0 Å². The molecule has 0 heterocycles. The third kappa shape index (κ3) is 82300. The third-order valence-electron chi connectivity index (χ3n) is 0. The van der Waals surface area contributed by atoms with E-state index in [1.165, 1.54) is 0 Å². The van der Waals surface area contributed by atoms with Gasteiger partial charge in [0.2, 0.25) is 0 Å². The summed E-state index contributed by atoms with van der Waals surface area (Å²) < 4.78 is 9.77. The molecule has 0 aromatic heterocycles. The molecule has 64 valence electrons. The van der Waals surface area contributed by atoms with Gasteiger partial charge in [-0.3, -0.25) is 4.57 Å². The van der Waals surface area contributed by atoms with Gasteiger partial charge < -0.3 is 19.2 Å². The summed E-state index contributed by atoms with van der Waals surface area (Å²) in [5.41, 5.74) is 0. The minimum absolute atomic E-state index is 1.00. The van der Waals surface area contributed by atoms with Gasteiger partial charge in [0.05, 0.1) is 28.2 Å². The van der Waals surface area contributed by atoms with E-state index in [9.17, 15) is 0 Å². The highest BCUT2D eigenvalue weighted by molar-refractivity contribution is 7.43. The second-order valence-corrected chi connectivity index (χ2v) is 4.16. The Morgan fingerprint density at radius 1 is 1.20 bits per heavy atom. The second-order valence-electron chi connectivity index (χ2n) is 3.17. The summed E-state index contributed by atoms with van der Waals surface area (Å²) in [5.74, 6) is 0. The first-order valence-electron chi connectivity index (χ1n) is 2.55. The predicted octanol–water partition coefficient (Wildman–Crippen LogP) is -1.24. The molecule has 0 aliphatic rings. The van der Waals surface area contributed by atoms with Crippen LogP contribution in [0, 0.1) is 0 Å². The quantitative estimate of drug-likeness (QED) is 0.353. The number of hydrogen-bond donors (Lipinski definition) is 2. The normalized spacial score (nSPS) is 11.9. The second kappa shape index (κ2) is 4.05. The molecule has 0 saturated carbocycles. The van der Waals surface area contributed by atoms with Gasteiger partial charge in [0.25, 0.3) is 7.82 Å². The molecule has 0 radical (unpaired) electrons. The lowest BCUT2D eigenvalue weighted by Gasteiger charge is -2.14. The van der Waals surface area contributed by atoms with Gasteiger partial charge in [-0.15, -0.1) is 0 Å². The van der Waals surface area contributed by atoms with Crippen LogP contribution in [0.2, 0.25) is 0 Å². The zero-order valence-electron chi connectivity index (χ0n) is 6.61. The van der Waals surface area contributed by atoms with Crippen molar-refractivity contribution in [2.75, 3.05) is 28.2 Å².